The van der Waals surface area contributed by atoms with Gasteiger partial charge in [-0.05, 0) is 61.4 Å². The zero-order chi connectivity index (χ0) is 21.4. The number of halogens is 2. The van der Waals surface area contributed by atoms with Crippen molar-refractivity contribution in [1.82, 2.24) is 0 Å². The maximum atomic E-state index is 12.8. The Morgan fingerprint density at radius 1 is 0.967 bits per heavy atom. The summed E-state index contributed by atoms with van der Waals surface area (Å²) in [5.41, 5.74) is 3.27. The van der Waals surface area contributed by atoms with E-state index in [-0.39, 0.29) is 11.5 Å². The minimum Gasteiger partial charge on any atom is -0.452 e. The predicted octanol–water partition coefficient (Wildman–Crippen LogP) is 6.45. The normalized spacial score (nSPS) is 13.9. The average molecular weight is 439 g/mol. The molecule has 0 radical (unpaired) electrons. The Bertz CT molecular complexity index is 1210. The van der Waals surface area contributed by atoms with Gasteiger partial charge in [-0.3, -0.25) is 4.79 Å². The van der Waals surface area contributed by atoms with Crippen molar-refractivity contribution < 1.29 is 19.1 Å². The molecule has 4 nitrogen and oxygen atoms in total. The van der Waals surface area contributed by atoms with Crippen molar-refractivity contribution in [2.45, 2.75) is 13.8 Å². The van der Waals surface area contributed by atoms with E-state index in [0.717, 1.165) is 5.56 Å². The quantitative estimate of drug-likeness (QED) is 0.268. The zero-order valence-electron chi connectivity index (χ0n) is 16.2. The summed E-state index contributed by atoms with van der Waals surface area (Å²) in [6, 6.07) is 15.3. The van der Waals surface area contributed by atoms with E-state index in [1.807, 2.05) is 19.1 Å². The van der Waals surface area contributed by atoms with E-state index in [2.05, 4.69) is 0 Å². The van der Waals surface area contributed by atoms with Crippen LogP contribution >= 0.6 is 23.2 Å². The Morgan fingerprint density at radius 2 is 1.70 bits per heavy atom. The summed E-state index contributed by atoms with van der Waals surface area (Å²) in [5.74, 6) is 0.0853. The van der Waals surface area contributed by atoms with Gasteiger partial charge in [0, 0.05) is 6.07 Å². The van der Waals surface area contributed by atoms with E-state index in [1.54, 1.807) is 55.5 Å². The second-order valence-corrected chi connectivity index (χ2v) is 7.80. The Hall–Kier alpha value is -3.08. The van der Waals surface area contributed by atoms with Gasteiger partial charge in [-0.1, -0.05) is 47.0 Å². The Labute approximate surface area is 183 Å². The molecule has 0 N–H and O–H groups in total. The van der Waals surface area contributed by atoms with Crippen molar-refractivity contribution in [1.29, 1.82) is 0 Å². The number of Topliss-reactive ketones (excluding diaryl/α,β-unsaturated/α-hetero) is 1. The van der Waals surface area contributed by atoms with Gasteiger partial charge in [0.1, 0.15) is 11.5 Å². The summed E-state index contributed by atoms with van der Waals surface area (Å²) in [5, 5.41) is 0.812. The highest BCUT2D eigenvalue weighted by molar-refractivity contribution is 6.42. The van der Waals surface area contributed by atoms with E-state index < -0.39 is 5.97 Å². The first-order valence-corrected chi connectivity index (χ1v) is 9.90. The van der Waals surface area contributed by atoms with Crippen LogP contribution in [0, 0.1) is 13.8 Å². The number of aryl methyl sites for hydroxylation is 2. The average Bonchev–Trinajstić information content (AvgIpc) is 3.01. The first-order valence-electron chi connectivity index (χ1n) is 9.14. The molecule has 0 saturated carbocycles. The van der Waals surface area contributed by atoms with Gasteiger partial charge < -0.3 is 9.47 Å². The first-order chi connectivity index (χ1) is 14.3. The van der Waals surface area contributed by atoms with Crippen molar-refractivity contribution in [3.05, 3.63) is 98.2 Å². The molecule has 1 aliphatic rings. The van der Waals surface area contributed by atoms with Crippen LogP contribution in [0.15, 0.2) is 60.4 Å². The van der Waals surface area contributed by atoms with Crippen molar-refractivity contribution >= 4 is 41.0 Å². The molecule has 3 aromatic rings. The van der Waals surface area contributed by atoms with Gasteiger partial charge in [0.25, 0.3) is 0 Å². The maximum absolute atomic E-state index is 12.8. The number of hydrogen-bond donors (Lipinski definition) is 0. The van der Waals surface area contributed by atoms with E-state index in [9.17, 15) is 9.59 Å². The third-order valence-corrected chi connectivity index (χ3v) is 5.42. The summed E-state index contributed by atoms with van der Waals surface area (Å²) < 4.78 is 11.2. The summed E-state index contributed by atoms with van der Waals surface area (Å²) in [7, 11) is 0. The molecule has 0 bridgehead atoms. The summed E-state index contributed by atoms with van der Waals surface area (Å²) >= 11 is 12.0. The van der Waals surface area contributed by atoms with Gasteiger partial charge in [0.15, 0.2) is 5.76 Å². The van der Waals surface area contributed by atoms with E-state index in [0.29, 0.717) is 43.8 Å². The summed E-state index contributed by atoms with van der Waals surface area (Å²) in [6.45, 7) is 3.71. The highest BCUT2D eigenvalue weighted by Crippen LogP contribution is 2.38. The fourth-order valence-electron chi connectivity index (χ4n) is 3.15. The summed E-state index contributed by atoms with van der Waals surface area (Å²) in [4.78, 5) is 25.2. The van der Waals surface area contributed by atoms with Gasteiger partial charge in [-0.2, -0.15) is 0 Å². The molecule has 0 spiro atoms. The van der Waals surface area contributed by atoms with E-state index >= 15 is 0 Å². The molecule has 0 aliphatic carbocycles. The molecule has 0 amide bonds. The van der Waals surface area contributed by atoms with Crippen LogP contribution in [0.4, 0.5) is 0 Å². The molecule has 0 fully saturated rings. The van der Waals surface area contributed by atoms with Crippen LogP contribution in [0.5, 0.6) is 11.5 Å². The number of allylic oxidation sites excluding steroid dienone is 1. The maximum Gasteiger partial charge on any atom is 0.343 e. The second kappa shape index (κ2) is 7.98. The standard InChI is InChI=1S/C24H16Cl2O4/c1-13-3-6-16(7-4-13)24(28)29-17-9-14(2)22-20(12-17)30-21(23(22)27)11-15-5-8-18(25)19(26)10-15/h3-12H,1-2H3/b21-11-. The number of ketones is 1. The van der Waals surface area contributed by atoms with Crippen LogP contribution in [-0.2, 0) is 0 Å². The van der Waals surface area contributed by atoms with Crippen LogP contribution in [0.3, 0.4) is 0 Å². The Balaban J connectivity index is 1.60. The lowest BCUT2D eigenvalue weighted by molar-refractivity contribution is 0.0734. The molecule has 0 atom stereocenters. The fourth-order valence-corrected chi connectivity index (χ4v) is 3.45. The third kappa shape index (κ3) is 3.97. The van der Waals surface area contributed by atoms with Gasteiger partial charge in [-0.15, -0.1) is 0 Å². The molecule has 6 heteroatoms. The number of rotatable bonds is 3. The highest BCUT2D eigenvalue weighted by atomic mass is 35.5. The molecule has 1 heterocycles. The lowest BCUT2D eigenvalue weighted by atomic mass is 10.0. The number of carbonyl (C=O) groups excluding carboxylic acids is 2. The SMILES string of the molecule is Cc1ccc(C(=O)Oc2cc(C)c3c(c2)O/C(=C\c2ccc(Cl)c(Cl)c2)C3=O)cc1. The number of hydrogen-bond acceptors (Lipinski definition) is 4. The zero-order valence-corrected chi connectivity index (χ0v) is 17.7. The summed E-state index contributed by atoms with van der Waals surface area (Å²) in [6.07, 6.45) is 1.60. The second-order valence-electron chi connectivity index (χ2n) is 6.98. The van der Waals surface area contributed by atoms with Gasteiger partial charge in [-0.25, -0.2) is 4.79 Å². The number of carbonyl (C=O) groups is 2. The Morgan fingerprint density at radius 3 is 2.40 bits per heavy atom. The fraction of sp³-hybridized carbons (Fsp3) is 0.0833. The third-order valence-electron chi connectivity index (χ3n) is 4.68. The van der Waals surface area contributed by atoms with Crippen LogP contribution in [0.1, 0.15) is 37.4 Å². The molecule has 150 valence electrons. The van der Waals surface area contributed by atoms with Crippen LogP contribution in [0.2, 0.25) is 10.0 Å². The van der Waals surface area contributed by atoms with Crippen molar-refractivity contribution in [2.75, 3.05) is 0 Å². The molecule has 0 aromatic heterocycles. The van der Waals surface area contributed by atoms with Crippen LogP contribution in [0.25, 0.3) is 6.08 Å². The van der Waals surface area contributed by atoms with E-state index in [4.69, 9.17) is 32.7 Å². The smallest absolute Gasteiger partial charge is 0.343 e. The topological polar surface area (TPSA) is 52.6 Å². The van der Waals surface area contributed by atoms with Crippen molar-refractivity contribution in [3.8, 4) is 11.5 Å². The largest absolute Gasteiger partial charge is 0.452 e. The van der Waals surface area contributed by atoms with Gasteiger partial charge >= 0.3 is 5.97 Å². The first kappa shape index (κ1) is 20.2. The van der Waals surface area contributed by atoms with Crippen LogP contribution < -0.4 is 9.47 Å². The number of fused-ring (bicyclic) bond motifs is 1. The van der Waals surface area contributed by atoms with Gasteiger partial charge in [0.05, 0.1) is 21.2 Å². The van der Waals surface area contributed by atoms with Gasteiger partial charge in [0.2, 0.25) is 5.78 Å². The van der Waals surface area contributed by atoms with Crippen molar-refractivity contribution in [3.63, 3.8) is 0 Å². The highest BCUT2D eigenvalue weighted by Gasteiger charge is 2.30. The minimum atomic E-state index is -0.481. The lowest BCUT2D eigenvalue weighted by Crippen LogP contribution is -2.08. The van der Waals surface area contributed by atoms with Crippen molar-refractivity contribution in [2.24, 2.45) is 0 Å². The Kier molecular flexibility index (Phi) is 5.37. The number of ether oxygens (including phenoxy) is 2. The molecular weight excluding hydrogens is 423 g/mol. The molecule has 4 rings (SSSR count). The molecule has 0 unspecified atom stereocenters. The molecular formula is C24H16Cl2O4. The number of benzene rings is 3. The predicted molar refractivity (Wildman–Crippen MR) is 117 cm³/mol. The molecule has 1 aliphatic heterocycles. The molecule has 3 aromatic carbocycles. The lowest BCUT2D eigenvalue weighted by Gasteiger charge is -2.08. The molecule has 30 heavy (non-hydrogen) atoms. The number of esters is 1. The minimum absolute atomic E-state index is 0.161. The van der Waals surface area contributed by atoms with E-state index in [1.165, 1.54) is 0 Å². The van der Waals surface area contributed by atoms with Crippen LogP contribution in [-0.4, -0.2) is 11.8 Å². The molecule has 0 saturated heterocycles. The monoisotopic (exact) mass is 438 g/mol.